The molecule has 2 atom stereocenters. The van der Waals surface area contributed by atoms with Crippen molar-refractivity contribution in [3.8, 4) is 0 Å². The summed E-state index contributed by atoms with van der Waals surface area (Å²) in [6.45, 7) is 9.45. The van der Waals surface area contributed by atoms with Gasteiger partial charge in [0.15, 0.2) is 0 Å². The minimum absolute atomic E-state index is 0.0816. The van der Waals surface area contributed by atoms with Crippen molar-refractivity contribution in [3.63, 3.8) is 0 Å². The Hall–Kier alpha value is -1.88. The molecule has 4 nitrogen and oxygen atoms in total. The van der Waals surface area contributed by atoms with Crippen LogP contribution in [-0.2, 0) is 17.8 Å². The van der Waals surface area contributed by atoms with Gasteiger partial charge >= 0.3 is 0 Å². The lowest BCUT2D eigenvalue weighted by Crippen LogP contribution is -3.19. The lowest BCUT2D eigenvalue weighted by atomic mass is 10.0. The van der Waals surface area contributed by atoms with Crippen LogP contribution in [0.25, 0.3) is 0 Å². The van der Waals surface area contributed by atoms with Gasteiger partial charge in [0, 0.05) is 26.3 Å². The first-order chi connectivity index (χ1) is 12.1. The fraction of sp³-hybridized carbons (Fsp3) is 0.429. The number of quaternary nitrogens is 1. The van der Waals surface area contributed by atoms with Crippen LogP contribution in [0.2, 0.25) is 0 Å². The largest absolute Gasteiger partial charge is 0.390 e. The van der Waals surface area contributed by atoms with Crippen LogP contribution in [0, 0.1) is 0 Å². The average Bonchev–Trinajstić information content (AvgIpc) is 3.08. The fourth-order valence-electron chi connectivity index (χ4n) is 3.09. The standard InChI is InChI=1S/C21H30N2O2/c1-4-21(2,18-24)23(14-9-15-25-3)17-20-12-8-13-22(20)16-19-10-6-5-7-11-19/h4-8,10-13,24H,1,9,14-18H2,2-3H3/p+1/t21-/m0/s1. The van der Waals surface area contributed by atoms with Crippen molar-refractivity contribution in [1.82, 2.24) is 4.57 Å². The zero-order chi connectivity index (χ0) is 18.1. The molecule has 0 radical (unpaired) electrons. The van der Waals surface area contributed by atoms with Crippen LogP contribution in [-0.4, -0.2) is 42.1 Å². The normalized spacial score (nSPS) is 14.8. The zero-order valence-electron chi connectivity index (χ0n) is 15.4. The molecule has 0 fully saturated rings. The first-order valence-electron chi connectivity index (χ1n) is 8.89. The highest BCUT2D eigenvalue weighted by atomic mass is 16.5. The van der Waals surface area contributed by atoms with E-state index in [1.807, 2.05) is 12.1 Å². The van der Waals surface area contributed by atoms with Gasteiger partial charge in [-0.2, -0.15) is 0 Å². The highest BCUT2D eigenvalue weighted by Gasteiger charge is 2.32. The van der Waals surface area contributed by atoms with Gasteiger partial charge in [-0.25, -0.2) is 0 Å². The molecule has 25 heavy (non-hydrogen) atoms. The maximum absolute atomic E-state index is 9.92. The van der Waals surface area contributed by atoms with E-state index in [0.717, 1.165) is 32.7 Å². The molecule has 0 bridgehead atoms. The van der Waals surface area contributed by atoms with E-state index in [0.29, 0.717) is 0 Å². The van der Waals surface area contributed by atoms with Crippen molar-refractivity contribution in [1.29, 1.82) is 0 Å². The molecule has 2 N–H and O–H groups in total. The number of methoxy groups -OCH3 is 1. The molecule has 0 saturated heterocycles. The van der Waals surface area contributed by atoms with Crippen LogP contribution in [0.5, 0.6) is 0 Å². The number of aliphatic hydroxyl groups excluding tert-OH is 1. The maximum atomic E-state index is 9.92. The van der Waals surface area contributed by atoms with Crippen molar-refractivity contribution in [3.05, 3.63) is 72.6 Å². The van der Waals surface area contributed by atoms with E-state index < -0.39 is 0 Å². The second kappa shape index (κ2) is 9.56. The van der Waals surface area contributed by atoms with Crippen LogP contribution in [0.15, 0.2) is 61.3 Å². The molecular weight excluding hydrogens is 312 g/mol. The molecule has 0 saturated carbocycles. The van der Waals surface area contributed by atoms with E-state index in [1.54, 1.807) is 7.11 Å². The third-order valence-corrected chi connectivity index (χ3v) is 4.93. The molecule has 1 aromatic carbocycles. The van der Waals surface area contributed by atoms with Crippen molar-refractivity contribution in [2.24, 2.45) is 0 Å². The van der Waals surface area contributed by atoms with Crippen LogP contribution >= 0.6 is 0 Å². The number of hydrogen-bond donors (Lipinski definition) is 2. The number of rotatable bonds is 11. The van der Waals surface area contributed by atoms with Gasteiger partial charge < -0.3 is 19.3 Å². The topological polar surface area (TPSA) is 38.8 Å². The summed E-state index contributed by atoms with van der Waals surface area (Å²) in [5.74, 6) is 0. The second-order valence-corrected chi connectivity index (χ2v) is 6.77. The maximum Gasteiger partial charge on any atom is 0.137 e. The van der Waals surface area contributed by atoms with Crippen LogP contribution in [0.3, 0.4) is 0 Å². The van der Waals surface area contributed by atoms with Gasteiger partial charge in [0.05, 0.1) is 18.8 Å². The number of ether oxygens (including phenoxy) is 1. The number of nitrogens with one attached hydrogen (secondary N) is 1. The molecule has 2 aromatic rings. The van der Waals surface area contributed by atoms with E-state index in [2.05, 4.69) is 60.7 Å². The first kappa shape index (κ1) is 19.4. The van der Waals surface area contributed by atoms with Crippen LogP contribution < -0.4 is 4.90 Å². The van der Waals surface area contributed by atoms with E-state index in [-0.39, 0.29) is 12.1 Å². The Labute approximate surface area is 151 Å². The molecule has 4 heteroatoms. The molecular formula is C21H31N2O2+. The van der Waals surface area contributed by atoms with Gasteiger partial charge in [-0.1, -0.05) is 36.9 Å². The van der Waals surface area contributed by atoms with Gasteiger partial charge in [-0.15, -0.1) is 0 Å². The van der Waals surface area contributed by atoms with E-state index in [4.69, 9.17) is 4.74 Å². The molecule has 1 aromatic heterocycles. The monoisotopic (exact) mass is 343 g/mol. The number of benzene rings is 1. The highest BCUT2D eigenvalue weighted by molar-refractivity contribution is 5.17. The number of aromatic nitrogens is 1. The average molecular weight is 343 g/mol. The molecule has 1 heterocycles. The molecule has 136 valence electrons. The minimum atomic E-state index is -0.365. The zero-order valence-corrected chi connectivity index (χ0v) is 15.4. The second-order valence-electron chi connectivity index (χ2n) is 6.77. The molecule has 0 aliphatic heterocycles. The SMILES string of the molecule is C=C[C@@](C)(CO)[NH+](CCCOC)Cc1cccn1Cc1ccccc1. The Morgan fingerprint density at radius 3 is 2.64 bits per heavy atom. The van der Waals surface area contributed by atoms with Crippen LogP contribution in [0.1, 0.15) is 24.6 Å². The fourth-order valence-corrected chi connectivity index (χ4v) is 3.09. The smallest absolute Gasteiger partial charge is 0.137 e. The van der Waals surface area contributed by atoms with Gasteiger partial charge in [0.2, 0.25) is 0 Å². The molecule has 2 rings (SSSR count). The Balaban J connectivity index is 2.15. The van der Waals surface area contributed by atoms with Gasteiger partial charge in [-0.3, -0.25) is 0 Å². The number of aliphatic hydroxyl groups is 1. The third kappa shape index (κ3) is 5.30. The third-order valence-electron chi connectivity index (χ3n) is 4.93. The molecule has 0 aliphatic rings. The van der Waals surface area contributed by atoms with Gasteiger partial charge in [0.1, 0.15) is 18.7 Å². The molecule has 0 amide bonds. The molecule has 1 unspecified atom stereocenters. The summed E-state index contributed by atoms with van der Waals surface area (Å²) in [5.41, 5.74) is 2.18. The predicted molar refractivity (Wildman–Crippen MR) is 102 cm³/mol. The van der Waals surface area contributed by atoms with Crippen molar-refractivity contribution < 1.29 is 14.7 Å². The summed E-state index contributed by atoms with van der Waals surface area (Å²) in [4.78, 5) is 1.30. The van der Waals surface area contributed by atoms with E-state index >= 15 is 0 Å². The summed E-state index contributed by atoms with van der Waals surface area (Å²) in [7, 11) is 1.73. The predicted octanol–water partition coefficient (Wildman–Crippen LogP) is 1.89. The lowest BCUT2D eigenvalue weighted by molar-refractivity contribution is -0.957. The Kier molecular flexibility index (Phi) is 7.44. The first-order valence-corrected chi connectivity index (χ1v) is 8.89. The number of hydrogen-bond acceptors (Lipinski definition) is 2. The van der Waals surface area contributed by atoms with Crippen molar-refractivity contribution in [2.45, 2.75) is 32.0 Å². The summed E-state index contributed by atoms with van der Waals surface area (Å²) in [6, 6.07) is 14.7. The summed E-state index contributed by atoms with van der Waals surface area (Å²) >= 11 is 0. The Morgan fingerprint density at radius 1 is 1.24 bits per heavy atom. The minimum Gasteiger partial charge on any atom is -0.390 e. The van der Waals surface area contributed by atoms with E-state index in [9.17, 15) is 5.11 Å². The quantitative estimate of drug-likeness (QED) is 0.483. The summed E-state index contributed by atoms with van der Waals surface area (Å²) < 4.78 is 7.49. The van der Waals surface area contributed by atoms with E-state index in [1.165, 1.54) is 16.2 Å². The summed E-state index contributed by atoms with van der Waals surface area (Å²) in [5, 5.41) is 9.92. The number of nitrogens with zero attached hydrogens (tertiary/aromatic N) is 1. The van der Waals surface area contributed by atoms with Crippen LogP contribution in [0.4, 0.5) is 0 Å². The van der Waals surface area contributed by atoms with Gasteiger partial charge in [0.25, 0.3) is 0 Å². The van der Waals surface area contributed by atoms with Gasteiger partial charge in [-0.05, 0) is 30.7 Å². The molecule has 0 aliphatic carbocycles. The Bertz CT molecular complexity index is 638. The summed E-state index contributed by atoms with van der Waals surface area (Å²) in [6.07, 6.45) is 4.95. The van der Waals surface area contributed by atoms with Crippen molar-refractivity contribution >= 4 is 0 Å². The Morgan fingerprint density at radius 2 is 2.00 bits per heavy atom. The molecule has 0 spiro atoms. The lowest BCUT2D eigenvalue weighted by Gasteiger charge is -2.34. The van der Waals surface area contributed by atoms with Crippen molar-refractivity contribution in [2.75, 3.05) is 26.9 Å². The highest BCUT2D eigenvalue weighted by Crippen LogP contribution is 2.08.